The molecule has 0 saturated heterocycles. The Hall–Kier alpha value is -3.80. The number of hydrogen-bond donors (Lipinski definition) is 2. The number of amides is 1. The molecular formula is C28H33N3O7S. The maximum Gasteiger partial charge on any atom is 0.407 e. The molecule has 0 saturated carbocycles. The summed E-state index contributed by atoms with van der Waals surface area (Å²) in [5, 5.41) is 33.1. The fourth-order valence-corrected chi connectivity index (χ4v) is 6.11. The van der Waals surface area contributed by atoms with Gasteiger partial charge >= 0.3 is 6.09 Å². The maximum absolute atomic E-state index is 13.9. The fourth-order valence-electron chi connectivity index (χ4n) is 4.27. The van der Waals surface area contributed by atoms with Crippen LogP contribution in [0.4, 0.5) is 10.5 Å². The molecule has 2 N–H and O–H groups in total. The van der Waals surface area contributed by atoms with Crippen LogP contribution in [0.1, 0.15) is 31.4 Å². The first-order valence-electron chi connectivity index (χ1n) is 12.5. The van der Waals surface area contributed by atoms with Gasteiger partial charge in [-0.05, 0) is 29.2 Å². The lowest BCUT2D eigenvalue weighted by Gasteiger charge is -2.41. The van der Waals surface area contributed by atoms with E-state index < -0.39 is 26.8 Å². The summed E-state index contributed by atoms with van der Waals surface area (Å²) >= 11 is 0. The standard InChI is InChI=1S/C28H33N3O7S/c1-22(2)20-30(39(37,38)26-15-13-25(14-16-26)31(35)36)28(34,19-23-9-5-3-6-10-23)17-18-29(27(32)33)21-24-11-7-4-8-12-24/h3-16,22,34H,17-21H2,1-2H3,(H,32,33). The Morgan fingerprint density at radius 2 is 1.49 bits per heavy atom. The normalized spacial score (nSPS) is 13.3. The van der Waals surface area contributed by atoms with Crippen LogP contribution in [0.25, 0.3) is 0 Å². The van der Waals surface area contributed by atoms with Crippen LogP contribution in [-0.2, 0) is 23.0 Å². The number of sulfonamides is 1. The molecule has 3 rings (SSSR count). The summed E-state index contributed by atoms with van der Waals surface area (Å²) in [6, 6.07) is 22.3. The lowest BCUT2D eigenvalue weighted by molar-refractivity contribution is -0.384. The van der Waals surface area contributed by atoms with E-state index >= 15 is 0 Å². The molecule has 11 heteroatoms. The second-order valence-electron chi connectivity index (χ2n) is 9.77. The summed E-state index contributed by atoms with van der Waals surface area (Å²) < 4.78 is 28.8. The van der Waals surface area contributed by atoms with E-state index in [-0.39, 0.29) is 49.0 Å². The van der Waals surface area contributed by atoms with Crippen molar-refractivity contribution in [3.8, 4) is 0 Å². The first-order valence-corrected chi connectivity index (χ1v) is 13.9. The molecule has 0 heterocycles. The number of nitro benzene ring substituents is 1. The summed E-state index contributed by atoms with van der Waals surface area (Å²) in [7, 11) is -4.35. The van der Waals surface area contributed by atoms with E-state index in [1.807, 2.05) is 6.07 Å². The molecule has 0 radical (unpaired) electrons. The second-order valence-corrected chi connectivity index (χ2v) is 11.6. The van der Waals surface area contributed by atoms with Crippen LogP contribution in [0.2, 0.25) is 0 Å². The minimum atomic E-state index is -4.35. The molecule has 39 heavy (non-hydrogen) atoms. The predicted octanol–water partition coefficient (Wildman–Crippen LogP) is 4.74. The Balaban J connectivity index is 2.02. The molecule has 0 bridgehead atoms. The van der Waals surface area contributed by atoms with Gasteiger partial charge in [-0.3, -0.25) is 10.1 Å². The monoisotopic (exact) mass is 555 g/mol. The van der Waals surface area contributed by atoms with Crippen molar-refractivity contribution in [2.24, 2.45) is 5.92 Å². The number of non-ortho nitro benzene ring substituents is 1. The first-order chi connectivity index (χ1) is 18.4. The van der Waals surface area contributed by atoms with Gasteiger partial charge in [-0.2, -0.15) is 4.31 Å². The van der Waals surface area contributed by atoms with E-state index in [4.69, 9.17) is 0 Å². The zero-order valence-corrected chi connectivity index (χ0v) is 22.7. The molecule has 1 atom stereocenters. The topological polar surface area (TPSA) is 141 Å². The minimum Gasteiger partial charge on any atom is -0.465 e. The largest absolute Gasteiger partial charge is 0.465 e. The van der Waals surface area contributed by atoms with Gasteiger partial charge in [0.05, 0.1) is 9.82 Å². The number of nitrogens with zero attached hydrogens (tertiary/aromatic N) is 3. The predicted molar refractivity (Wildman–Crippen MR) is 146 cm³/mol. The third-order valence-electron chi connectivity index (χ3n) is 6.23. The van der Waals surface area contributed by atoms with Gasteiger partial charge in [-0.1, -0.05) is 74.5 Å². The SMILES string of the molecule is CC(C)CN(C(O)(CCN(Cc1ccccc1)C(=O)O)Cc1ccccc1)S(=O)(=O)c1ccc([N+](=O)[O-])cc1. The lowest BCUT2D eigenvalue weighted by Crippen LogP contribution is -2.56. The highest BCUT2D eigenvalue weighted by Gasteiger charge is 2.43. The van der Waals surface area contributed by atoms with Crippen LogP contribution >= 0.6 is 0 Å². The number of rotatable bonds is 13. The van der Waals surface area contributed by atoms with Gasteiger partial charge in [0.25, 0.3) is 5.69 Å². The summed E-state index contributed by atoms with van der Waals surface area (Å²) in [6.07, 6.45) is -1.50. The van der Waals surface area contributed by atoms with E-state index in [1.54, 1.807) is 68.4 Å². The van der Waals surface area contributed by atoms with Crippen molar-refractivity contribution in [3.05, 3.63) is 106 Å². The Labute approximate surface area is 228 Å². The van der Waals surface area contributed by atoms with Crippen molar-refractivity contribution in [1.82, 2.24) is 9.21 Å². The number of carboxylic acid groups (broad SMARTS) is 1. The van der Waals surface area contributed by atoms with Crippen molar-refractivity contribution in [3.63, 3.8) is 0 Å². The highest BCUT2D eigenvalue weighted by Crippen LogP contribution is 2.31. The van der Waals surface area contributed by atoms with E-state index in [2.05, 4.69) is 0 Å². The Kier molecular flexibility index (Phi) is 9.79. The highest BCUT2D eigenvalue weighted by molar-refractivity contribution is 7.89. The first kappa shape index (κ1) is 29.8. The third-order valence-corrected chi connectivity index (χ3v) is 8.17. The quantitative estimate of drug-likeness (QED) is 0.176. The molecule has 0 aliphatic carbocycles. The summed E-state index contributed by atoms with van der Waals surface area (Å²) in [5.41, 5.74) is -0.847. The molecule has 3 aromatic carbocycles. The molecule has 0 aromatic heterocycles. The van der Waals surface area contributed by atoms with Crippen molar-refractivity contribution in [2.75, 3.05) is 13.1 Å². The smallest absolute Gasteiger partial charge is 0.407 e. The van der Waals surface area contributed by atoms with Crippen LogP contribution < -0.4 is 0 Å². The van der Waals surface area contributed by atoms with Crippen LogP contribution in [0.5, 0.6) is 0 Å². The molecule has 10 nitrogen and oxygen atoms in total. The molecule has 0 aliphatic heterocycles. The maximum atomic E-state index is 13.9. The molecular weight excluding hydrogens is 522 g/mol. The minimum absolute atomic E-state index is 0.0611. The zero-order valence-electron chi connectivity index (χ0n) is 21.9. The highest BCUT2D eigenvalue weighted by atomic mass is 32.2. The van der Waals surface area contributed by atoms with Crippen molar-refractivity contribution in [2.45, 2.75) is 43.9 Å². The molecule has 1 unspecified atom stereocenters. The number of carbonyl (C=O) groups is 1. The van der Waals surface area contributed by atoms with Gasteiger partial charge in [0, 0.05) is 44.6 Å². The Morgan fingerprint density at radius 1 is 0.949 bits per heavy atom. The molecule has 3 aromatic rings. The number of benzene rings is 3. The van der Waals surface area contributed by atoms with Crippen LogP contribution in [-0.4, -0.2) is 57.7 Å². The van der Waals surface area contributed by atoms with Gasteiger partial charge in [0.15, 0.2) is 0 Å². The molecule has 0 aliphatic rings. The molecule has 0 spiro atoms. The van der Waals surface area contributed by atoms with Crippen molar-refractivity contribution in [1.29, 1.82) is 0 Å². The zero-order chi connectivity index (χ0) is 28.6. The average Bonchev–Trinajstić information content (AvgIpc) is 2.90. The van der Waals surface area contributed by atoms with Gasteiger partial charge in [-0.15, -0.1) is 0 Å². The Morgan fingerprint density at radius 3 is 1.97 bits per heavy atom. The van der Waals surface area contributed by atoms with Crippen molar-refractivity contribution >= 4 is 21.8 Å². The summed E-state index contributed by atoms with van der Waals surface area (Å²) in [5.74, 6) is -0.194. The second kappa shape index (κ2) is 12.8. The molecule has 208 valence electrons. The summed E-state index contributed by atoms with van der Waals surface area (Å²) in [6.45, 7) is 3.48. The Bertz CT molecular complexity index is 1350. The van der Waals surface area contributed by atoms with E-state index in [0.29, 0.717) is 5.56 Å². The number of aliphatic hydroxyl groups is 1. The van der Waals surface area contributed by atoms with Gasteiger partial charge in [-0.25, -0.2) is 13.2 Å². The van der Waals surface area contributed by atoms with Crippen LogP contribution in [0, 0.1) is 16.0 Å². The van der Waals surface area contributed by atoms with E-state index in [9.17, 15) is 33.5 Å². The molecule has 1 amide bonds. The number of hydrogen-bond acceptors (Lipinski definition) is 6. The van der Waals surface area contributed by atoms with E-state index in [1.165, 1.54) is 0 Å². The number of nitro groups is 1. The fraction of sp³-hybridized carbons (Fsp3) is 0.321. The molecule has 0 fully saturated rings. The van der Waals surface area contributed by atoms with Gasteiger partial charge in [0.2, 0.25) is 10.0 Å². The van der Waals surface area contributed by atoms with Crippen molar-refractivity contribution < 1.29 is 28.3 Å². The van der Waals surface area contributed by atoms with E-state index in [0.717, 1.165) is 39.0 Å². The average molecular weight is 556 g/mol. The van der Waals surface area contributed by atoms with Gasteiger partial charge in [0.1, 0.15) is 5.72 Å². The van der Waals surface area contributed by atoms with Gasteiger partial charge < -0.3 is 15.1 Å². The lowest BCUT2D eigenvalue weighted by atomic mass is 9.98. The van der Waals surface area contributed by atoms with Crippen LogP contribution in [0.15, 0.2) is 89.8 Å². The summed E-state index contributed by atoms with van der Waals surface area (Å²) in [4.78, 5) is 23.5. The van der Waals surface area contributed by atoms with Crippen LogP contribution in [0.3, 0.4) is 0 Å². The third kappa shape index (κ3) is 7.85.